The molecule has 0 aliphatic carbocycles. The Bertz CT molecular complexity index is 779. The van der Waals surface area contributed by atoms with Gasteiger partial charge in [-0.2, -0.15) is 0 Å². The number of hydrogen-bond acceptors (Lipinski definition) is 3. The van der Waals surface area contributed by atoms with Crippen LogP contribution in [-0.4, -0.2) is 20.9 Å². The van der Waals surface area contributed by atoms with Crippen LogP contribution in [0.25, 0.3) is 0 Å². The van der Waals surface area contributed by atoms with E-state index in [1.165, 1.54) is 30.3 Å². The van der Waals surface area contributed by atoms with Crippen molar-refractivity contribution in [3.8, 4) is 0 Å². The first-order valence-corrected chi connectivity index (χ1v) is 8.74. The van der Waals surface area contributed by atoms with Crippen LogP contribution >= 0.6 is 22.6 Å². The second kappa shape index (κ2) is 7.16. The van der Waals surface area contributed by atoms with Crippen molar-refractivity contribution >= 4 is 44.2 Å². The first kappa shape index (κ1) is 16.8. The van der Waals surface area contributed by atoms with Gasteiger partial charge in [-0.1, -0.05) is 12.1 Å². The number of halogens is 2. The van der Waals surface area contributed by atoms with Crippen molar-refractivity contribution in [1.29, 1.82) is 0 Å². The summed E-state index contributed by atoms with van der Waals surface area (Å²) in [5, 5.41) is 2.30. The first-order valence-electron chi connectivity index (χ1n) is 6.18. The highest BCUT2D eigenvalue weighted by molar-refractivity contribution is 14.1. The number of sulfonamides is 1. The summed E-state index contributed by atoms with van der Waals surface area (Å²) in [6, 6.07) is 11.8. The Morgan fingerprint density at radius 3 is 2.36 bits per heavy atom. The normalized spacial score (nSPS) is 11.2. The Hall–Kier alpha value is -1.52. The number of anilines is 1. The molecule has 0 fully saturated rings. The molecule has 0 aliphatic rings. The van der Waals surface area contributed by atoms with E-state index >= 15 is 0 Å². The maximum absolute atomic E-state index is 13.4. The number of rotatable bonds is 5. The van der Waals surface area contributed by atoms with Crippen LogP contribution in [0.4, 0.5) is 10.1 Å². The summed E-state index contributed by atoms with van der Waals surface area (Å²) < 4.78 is 40.4. The van der Waals surface area contributed by atoms with Crippen LogP contribution in [-0.2, 0) is 14.8 Å². The van der Waals surface area contributed by atoms with Crippen LogP contribution in [0.2, 0.25) is 0 Å². The van der Waals surface area contributed by atoms with E-state index in [2.05, 4.69) is 32.6 Å². The van der Waals surface area contributed by atoms with Crippen molar-refractivity contribution in [3.05, 3.63) is 57.9 Å². The standard InChI is InChI=1S/C14H12FIN2O3S/c15-12-3-1-2-4-13(12)18-14(19)9-17-22(20,21)11-7-5-10(16)6-8-11/h1-8,17H,9H2,(H,18,19). The molecular formula is C14H12FIN2O3S. The summed E-state index contributed by atoms with van der Waals surface area (Å²) in [5.74, 6) is -1.24. The van der Waals surface area contributed by atoms with Crippen molar-refractivity contribution < 1.29 is 17.6 Å². The van der Waals surface area contributed by atoms with E-state index in [0.717, 1.165) is 3.57 Å². The smallest absolute Gasteiger partial charge is 0.241 e. The molecule has 22 heavy (non-hydrogen) atoms. The molecule has 5 nitrogen and oxygen atoms in total. The van der Waals surface area contributed by atoms with E-state index in [9.17, 15) is 17.6 Å². The maximum atomic E-state index is 13.4. The van der Waals surface area contributed by atoms with Gasteiger partial charge in [0, 0.05) is 3.57 Å². The van der Waals surface area contributed by atoms with Crippen LogP contribution in [0.15, 0.2) is 53.4 Å². The molecule has 0 saturated carbocycles. The van der Waals surface area contributed by atoms with E-state index in [1.807, 2.05) is 0 Å². The second-order valence-corrected chi connectivity index (χ2v) is 7.32. The van der Waals surface area contributed by atoms with E-state index in [1.54, 1.807) is 18.2 Å². The van der Waals surface area contributed by atoms with Crippen molar-refractivity contribution in [3.63, 3.8) is 0 Å². The van der Waals surface area contributed by atoms with Gasteiger partial charge in [0.2, 0.25) is 15.9 Å². The van der Waals surface area contributed by atoms with E-state index in [0.29, 0.717) is 0 Å². The monoisotopic (exact) mass is 434 g/mol. The largest absolute Gasteiger partial charge is 0.322 e. The topological polar surface area (TPSA) is 75.3 Å². The number of amides is 1. The Labute approximate surface area is 141 Å². The maximum Gasteiger partial charge on any atom is 0.241 e. The fourth-order valence-electron chi connectivity index (χ4n) is 1.61. The molecule has 0 spiro atoms. The molecule has 2 N–H and O–H groups in total. The second-order valence-electron chi connectivity index (χ2n) is 4.31. The van der Waals surface area contributed by atoms with Gasteiger partial charge in [-0.15, -0.1) is 0 Å². The number of hydrogen-bond donors (Lipinski definition) is 2. The van der Waals surface area contributed by atoms with Gasteiger partial charge in [0.05, 0.1) is 17.1 Å². The Balaban J connectivity index is 1.98. The van der Waals surface area contributed by atoms with Crippen molar-refractivity contribution in [2.24, 2.45) is 0 Å². The predicted octanol–water partition coefficient (Wildman–Crippen LogP) is 2.35. The zero-order valence-electron chi connectivity index (χ0n) is 11.2. The lowest BCUT2D eigenvalue weighted by Gasteiger charge is -2.08. The average molecular weight is 434 g/mol. The minimum Gasteiger partial charge on any atom is -0.322 e. The Morgan fingerprint density at radius 1 is 1.09 bits per heavy atom. The lowest BCUT2D eigenvalue weighted by molar-refractivity contribution is -0.115. The van der Waals surface area contributed by atoms with Gasteiger partial charge >= 0.3 is 0 Å². The Kier molecular flexibility index (Phi) is 5.48. The SMILES string of the molecule is O=C(CNS(=O)(=O)c1ccc(I)cc1)Nc1ccccc1F. The molecule has 0 unspecified atom stereocenters. The van der Waals surface area contributed by atoms with Gasteiger partial charge in [0.1, 0.15) is 5.82 Å². The van der Waals surface area contributed by atoms with Crippen molar-refractivity contribution in [2.45, 2.75) is 4.90 Å². The van der Waals surface area contributed by atoms with Gasteiger partial charge in [-0.25, -0.2) is 17.5 Å². The van der Waals surface area contributed by atoms with Gasteiger partial charge in [-0.05, 0) is 59.0 Å². The summed E-state index contributed by atoms with van der Waals surface area (Å²) in [4.78, 5) is 11.8. The molecule has 0 aromatic heterocycles. The molecule has 2 aromatic carbocycles. The van der Waals surface area contributed by atoms with Crippen molar-refractivity contribution in [1.82, 2.24) is 4.72 Å². The fraction of sp³-hybridized carbons (Fsp3) is 0.0714. The van der Waals surface area contributed by atoms with Crippen LogP contribution in [0.3, 0.4) is 0 Å². The highest BCUT2D eigenvalue weighted by atomic mass is 127. The van der Waals surface area contributed by atoms with E-state index in [-0.39, 0.29) is 10.6 Å². The van der Waals surface area contributed by atoms with E-state index in [4.69, 9.17) is 0 Å². The van der Waals surface area contributed by atoms with E-state index < -0.39 is 28.3 Å². The van der Waals surface area contributed by atoms with Crippen LogP contribution in [0.1, 0.15) is 0 Å². The Morgan fingerprint density at radius 2 is 1.73 bits per heavy atom. The number of carbonyl (C=O) groups is 1. The molecule has 1 amide bonds. The summed E-state index contributed by atoms with van der Waals surface area (Å²) in [7, 11) is -3.78. The summed E-state index contributed by atoms with van der Waals surface area (Å²) >= 11 is 2.06. The molecular weight excluding hydrogens is 422 g/mol. The van der Waals surface area contributed by atoms with Gasteiger partial charge < -0.3 is 5.32 Å². The first-order chi connectivity index (χ1) is 10.4. The van der Waals surface area contributed by atoms with Gasteiger partial charge in [0.15, 0.2) is 0 Å². The zero-order valence-corrected chi connectivity index (χ0v) is 14.2. The van der Waals surface area contributed by atoms with Gasteiger partial charge in [0.25, 0.3) is 0 Å². The third-order valence-corrected chi connectivity index (χ3v) is 4.83. The predicted molar refractivity (Wildman–Crippen MR) is 89.4 cm³/mol. The molecule has 0 heterocycles. The minimum atomic E-state index is -3.78. The van der Waals surface area contributed by atoms with Crippen LogP contribution in [0, 0.1) is 9.39 Å². The molecule has 0 saturated heterocycles. The molecule has 0 atom stereocenters. The third-order valence-electron chi connectivity index (χ3n) is 2.69. The summed E-state index contributed by atoms with van der Waals surface area (Å²) in [6.45, 7) is -0.483. The summed E-state index contributed by atoms with van der Waals surface area (Å²) in [6.07, 6.45) is 0. The molecule has 116 valence electrons. The van der Waals surface area contributed by atoms with Crippen molar-refractivity contribution in [2.75, 3.05) is 11.9 Å². The molecule has 2 aromatic rings. The minimum absolute atomic E-state index is 0.000891. The molecule has 0 bridgehead atoms. The lowest BCUT2D eigenvalue weighted by Crippen LogP contribution is -2.33. The number of benzene rings is 2. The van der Waals surface area contributed by atoms with Crippen LogP contribution in [0.5, 0.6) is 0 Å². The highest BCUT2D eigenvalue weighted by Crippen LogP contribution is 2.13. The molecule has 8 heteroatoms. The fourth-order valence-corrected chi connectivity index (χ4v) is 2.96. The molecule has 0 aliphatic heterocycles. The average Bonchev–Trinajstić information content (AvgIpc) is 2.48. The quantitative estimate of drug-likeness (QED) is 0.710. The highest BCUT2D eigenvalue weighted by Gasteiger charge is 2.15. The molecule has 0 radical (unpaired) electrons. The van der Waals surface area contributed by atoms with Gasteiger partial charge in [-0.3, -0.25) is 4.79 Å². The number of carbonyl (C=O) groups excluding carboxylic acids is 1. The lowest BCUT2D eigenvalue weighted by atomic mass is 10.3. The van der Waals surface area contributed by atoms with Crippen LogP contribution < -0.4 is 10.0 Å². The number of nitrogens with one attached hydrogen (secondary N) is 2. The number of para-hydroxylation sites is 1. The third kappa shape index (κ3) is 4.49. The molecule has 2 rings (SSSR count). The zero-order chi connectivity index (χ0) is 16.2. The summed E-state index contributed by atoms with van der Waals surface area (Å²) in [5.41, 5.74) is 0.000891.